The molecule has 0 aliphatic rings. The Morgan fingerprint density at radius 3 is 1.30 bits per heavy atom. The molecular weight excluding hydrogens is 424 g/mol. The van der Waals surface area contributed by atoms with Crippen LogP contribution in [0.5, 0.6) is 0 Å². The molecule has 15 heteroatoms. The van der Waals surface area contributed by atoms with Crippen molar-refractivity contribution in [3.63, 3.8) is 0 Å². The van der Waals surface area contributed by atoms with Crippen LogP contribution in [0.3, 0.4) is 0 Å². The third kappa shape index (κ3) is 3.14. The third-order valence-electron chi connectivity index (χ3n) is 3.30. The van der Waals surface area contributed by atoms with Crippen molar-refractivity contribution in [1.82, 2.24) is 0 Å². The molecule has 0 unspecified atom stereocenters. The largest absolute Gasteiger partial charge is 0.365 e. The highest BCUT2D eigenvalue weighted by Crippen LogP contribution is 2.50. The Morgan fingerprint density at radius 1 is 0.630 bits per heavy atom. The number of thiophene rings is 3. The van der Waals surface area contributed by atoms with Gasteiger partial charge in [0.15, 0.2) is 0 Å². The van der Waals surface area contributed by atoms with Gasteiger partial charge in [-0.2, -0.15) is 0 Å². The van der Waals surface area contributed by atoms with Crippen molar-refractivity contribution < 1.29 is 19.7 Å². The van der Waals surface area contributed by atoms with E-state index in [2.05, 4.69) is 0 Å². The predicted molar refractivity (Wildman–Crippen MR) is 97.6 cm³/mol. The average molecular weight is 428 g/mol. The SMILES string of the molecule is O=[N+]([O-])c1csc(-c2ccc(-c3scc([N+](=O)[O-])c3[N+](=O)[O-])s2)c1[N+](=O)[O-]. The molecule has 0 fully saturated rings. The van der Waals surface area contributed by atoms with Gasteiger partial charge in [-0.3, -0.25) is 40.5 Å². The van der Waals surface area contributed by atoms with Crippen LogP contribution in [0.1, 0.15) is 0 Å². The number of nitro groups is 4. The maximum atomic E-state index is 11.2. The van der Waals surface area contributed by atoms with Crippen molar-refractivity contribution in [3.8, 4) is 19.5 Å². The normalized spacial score (nSPS) is 10.7. The van der Waals surface area contributed by atoms with Crippen LogP contribution < -0.4 is 0 Å². The molecule has 0 aromatic carbocycles. The second-order valence-electron chi connectivity index (χ2n) is 4.79. The zero-order valence-corrected chi connectivity index (χ0v) is 15.0. The summed E-state index contributed by atoms with van der Waals surface area (Å²) in [5.74, 6) is 0. The van der Waals surface area contributed by atoms with E-state index in [4.69, 9.17) is 0 Å². The highest BCUT2D eigenvalue weighted by atomic mass is 32.1. The van der Waals surface area contributed by atoms with Gasteiger partial charge < -0.3 is 0 Å². The predicted octanol–water partition coefficient (Wildman–Crippen LogP) is 4.84. The Morgan fingerprint density at radius 2 is 1.00 bits per heavy atom. The van der Waals surface area contributed by atoms with Gasteiger partial charge in [0.1, 0.15) is 9.75 Å². The summed E-state index contributed by atoms with van der Waals surface area (Å²) < 4.78 is 0. The average Bonchev–Trinajstić information content (AvgIpc) is 3.30. The zero-order valence-electron chi connectivity index (χ0n) is 12.6. The topological polar surface area (TPSA) is 173 Å². The Labute approximate surface area is 159 Å². The third-order valence-corrected chi connectivity index (χ3v) is 6.66. The number of hydrogen-bond donors (Lipinski definition) is 0. The lowest BCUT2D eigenvalue weighted by Crippen LogP contribution is -1.94. The molecule has 0 aliphatic heterocycles. The van der Waals surface area contributed by atoms with Crippen molar-refractivity contribution in [3.05, 3.63) is 63.4 Å². The molecule has 0 bridgehead atoms. The summed E-state index contributed by atoms with van der Waals surface area (Å²) in [5.41, 5.74) is -2.62. The molecule has 138 valence electrons. The van der Waals surface area contributed by atoms with E-state index in [1.807, 2.05) is 0 Å². The second kappa shape index (κ2) is 6.78. The molecule has 3 aromatic heterocycles. The number of nitrogens with zero attached hydrogens (tertiary/aromatic N) is 4. The first-order valence-electron chi connectivity index (χ1n) is 6.63. The van der Waals surface area contributed by atoms with Gasteiger partial charge in [0, 0.05) is 0 Å². The highest BCUT2D eigenvalue weighted by Gasteiger charge is 2.35. The van der Waals surface area contributed by atoms with E-state index in [-0.39, 0.29) is 9.75 Å². The maximum Gasteiger partial charge on any atom is 0.365 e. The first kappa shape index (κ1) is 18.5. The quantitative estimate of drug-likeness (QED) is 0.396. The molecule has 3 aromatic rings. The molecule has 0 N–H and O–H groups in total. The van der Waals surface area contributed by atoms with Gasteiger partial charge in [0.2, 0.25) is 0 Å². The minimum Gasteiger partial charge on any atom is -0.258 e. The van der Waals surface area contributed by atoms with E-state index < -0.39 is 42.4 Å². The standard InChI is InChI=1S/C12H4N4O8S3/c17-13(18)5-3-25-11(9(5)15(21)22)7-1-2-8(27-7)12-10(16(23)24)6(4-26-12)14(19)20/h1-4H. The molecule has 0 spiro atoms. The van der Waals surface area contributed by atoms with Crippen LogP contribution in [0.25, 0.3) is 19.5 Å². The van der Waals surface area contributed by atoms with E-state index in [0.717, 1.165) is 44.8 Å². The lowest BCUT2D eigenvalue weighted by Gasteiger charge is -1.94. The van der Waals surface area contributed by atoms with Crippen molar-refractivity contribution in [2.75, 3.05) is 0 Å². The number of rotatable bonds is 6. The summed E-state index contributed by atoms with van der Waals surface area (Å²) in [7, 11) is 0. The molecule has 3 heterocycles. The van der Waals surface area contributed by atoms with Crippen LogP contribution in [-0.2, 0) is 0 Å². The van der Waals surface area contributed by atoms with Crippen molar-refractivity contribution in [2.45, 2.75) is 0 Å². The zero-order chi connectivity index (χ0) is 19.9. The van der Waals surface area contributed by atoms with E-state index in [1.54, 1.807) is 0 Å². The van der Waals surface area contributed by atoms with E-state index in [1.165, 1.54) is 12.1 Å². The van der Waals surface area contributed by atoms with Crippen molar-refractivity contribution >= 4 is 56.8 Å². The monoisotopic (exact) mass is 428 g/mol. The fraction of sp³-hybridized carbons (Fsp3) is 0. The highest BCUT2D eigenvalue weighted by molar-refractivity contribution is 7.26. The van der Waals surface area contributed by atoms with Crippen LogP contribution >= 0.6 is 34.0 Å². The van der Waals surface area contributed by atoms with Gasteiger partial charge in [-0.05, 0) is 12.1 Å². The van der Waals surface area contributed by atoms with Crippen LogP contribution in [0.15, 0.2) is 22.9 Å². The van der Waals surface area contributed by atoms with Crippen molar-refractivity contribution in [1.29, 1.82) is 0 Å². The smallest absolute Gasteiger partial charge is 0.258 e. The van der Waals surface area contributed by atoms with E-state index in [9.17, 15) is 40.5 Å². The number of hydrogen-bond acceptors (Lipinski definition) is 11. The van der Waals surface area contributed by atoms with Crippen LogP contribution in [0.2, 0.25) is 0 Å². The first-order chi connectivity index (χ1) is 12.7. The molecule has 3 rings (SSSR count). The molecule has 12 nitrogen and oxygen atoms in total. The fourth-order valence-electron chi connectivity index (χ4n) is 2.23. The Hall–Kier alpha value is -3.30. The molecule has 0 radical (unpaired) electrons. The Bertz CT molecular complexity index is 1030. The van der Waals surface area contributed by atoms with Crippen LogP contribution in [0, 0.1) is 40.5 Å². The summed E-state index contributed by atoms with van der Waals surface area (Å²) in [6.07, 6.45) is 0. The van der Waals surface area contributed by atoms with E-state index in [0.29, 0.717) is 9.75 Å². The molecule has 0 amide bonds. The van der Waals surface area contributed by atoms with Crippen molar-refractivity contribution in [2.24, 2.45) is 0 Å². The molecule has 0 atom stereocenters. The summed E-state index contributed by atoms with van der Waals surface area (Å²) >= 11 is 2.53. The Kier molecular flexibility index (Phi) is 4.64. The molecule has 27 heavy (non-hydrogen) atoms. The molecule has 0 saturated carbocycles. The summed E-state index contributed by atoms with van der Waals surface area (Å²) in [6.45, 7) is 0. The first-order valence-corrected chi connectivity index (χ1v) is 9.21. The lowest BCUT2D eigenvalue weighted by molar-refractivity contribution is -0.421. The van der Waals surface area contributed by atoms with E-state index >= 15 is 0 Å². The summed E-state index contributed by atoms with van der Waals surface area (Å²) in [6, 6.07) is 2.86. The van der Waals surface area contributed by atoms with Gasteiger partial charge in [0.05, 0.1) is 40.2 Å². The van der Waals surface area contributed by atoms with Gasteiger partial charge in [-0.15, -0.1) is 34.0 Å². The second-order valence-corrected chi connectivity index (χ2v) is 7.63. The summed E-state index contributed by atoms with van der Waals surface area (Å²) in [5, 5.41) is 46.5. The maximum absolute atomic E-state index is 11.2. The van der Waals surface area contributed by atoms with Gasteiger partial charge in [-0.1, -0.05) is 0 Å². The summed E-state index contributed by atoms with van der Waals surface area (Å²) in [4.78, 5) is 41.6. The lowest BCUT2D eigenvalue weighted by atomic mass is 10.3. The molecular formula is C12H4N4O8S3. The minimum atomic E-state index is -0.861. The van der Waals surface area contributed by atoms with Crippen LogP contribution in [-0.4, -0.2) is 19.7 Å². The van der Waals surface area contributed by atoms with Gasteiger partial charge in [-0.25, -0.2) is 0 Å². The van der Waals surface area contributed by atoms with Gasteiger partial charge >= 0.3 is 22.7 Å². The van der Waals surface area contributed by atoms with Gasteiger partial charge in [0.25, 0.3) is 0 Å². The van der Waals surface area contributed by atoms with Crippen LogP contribution in [0.4, 0.5) is 22.7 Å². The fourth-order valence-corrected chi connectivity index (χ4v) is 5.46. The minimum absolute atomic E-state index is 0.0386. The molecule has 0 saturated heterocycles. The molecule has 0 aliphatic carbocycles. The Balaban J connectivity index is 2.13.